The Morgan fingerprint density at radius 1 is 1.12 bits per heavy atom. The van der Waals surface area contributed by atoms with Gasteiger partial charge in [0.2, 0.25) is 0 Å². The van der Waals surface area contributed by atoms with Crippen LogP contribution in [0.5, 0.6) is 5.75 Å². The van der Waals surface area contributed by atoms with Crippen LogP contribution >= 0.6 is 11.8 Å². The first-order chi connectivity index (χ1) is 15.2. The Bertz CT molecular complexity index is 1030. The quantitative estimate of drug-likeness (QED) is 0.601. The minimum Gasteiger partial charge on any atom is -0.484 e. The molecule has 8 heteroatoms. The van der Waals surface area contributed by atoms with Crippen LogP contribution in [0.4, 0.5) is 10.1 Å². The predicted octanol–water partition coefficient (Wildman–Crippen LogP) is 4.93. The van der Waals surface area contributed by atoms with Gasteiger partial charge in [-0.2, -0.15) is 0 Å². The molecular formula is C24H26FN3O3S. The Morgan fingerprint density at radius 2 is 1.78 bits per heavy atom. The van der Waals surface area contributed by atoms with Crippen molar-refractivity contribution in [1.82, 2.24) is 4.90 Å². The summed E-state index contributed by atoms with van der Waals surface area (Å²) in [6, 6.07) is 12.8. The topological polar surface area (TPSA) is 71.0 Å². The number of hydrogen-bond donors (Lipinski definition) is 1. The van der Waals surface area contributed by atoms with E-state index in [4.69, 9.17) is 4.74 Å². The van der Waals surface area contributed by atoms with Crippen LogP contribution in [-0.4, -0.2) is 40.6 Å². The smallest absolute Gasteiger partial charge is 0.266 e. The van der Waals surface area contributed by atoms with Gasteiger partial charge in [0, 0.05) is 17.8 Å². The molecule has 1 fully saturated rings. The Morgan fingerprint density at radius 3 is 2.38 bits per heavy atom. The summed E-state index contributed by atoms with van der Waals surface area (Å²) in [7, 11) is 0. The summed E-state index contributed by atoms with van der Waals surface area (Å²) in [4.78, 5) is 31.7. The molecule has 0 atom stereocenters. The Hall–Kier alpha value is -3.13. The molecule has 32 heavy (non-hydrogen) atoms. The number of thioether (sulfide) groups is 1. The number of carbonyl (C=O) groups excluding carboxylic acids is 2. The first-order valence-electron chi connectivity index (χ1n) is 10.3. The number of halogens is 1. The monoisotopic (exact) mass is 455 g/mol. The lowest BCUT2D eigenvalue weighted by Gasteiger charge is -2.20. The lowest BCUT2D eigenvalue weighted by molar-refractivity contribution is -0.123. The maximum absolute atomic E-state index is 12.9. The van der Waals surface area contributed by atoms with Crippen LogP contribution in [0.15, 0.2) is 58.4 Å². The van der Waals surface area contributed by atoms with E-state index in [1.54, 1.807) is 17.0 Å². The van der Waals surface area contributed by atoms with Crippen molar-refractivity contribution in [3.05, 3.63) is 64.8 Å². The van der Waals surface area contributed by atoms with Crippen LogP contribution in [0.3, 0.4) is 0 Å². The highest BCUT2D eigenvalue weighted by molar-refractivity contribution is 8.18. The number of amides is 2. The molecule has 0 bridgehead atoms. The molecule has 0 saturated carbocycles. The van der Waals surface area contributed by atoms with Gasteiger partial charge in [-0.1, -0.05) is 12.1 Å². The average Bonchev–Trinajstić information content (AvgIpc) is 3.03. The van der Waals surface area contributed by atoms with E-state index in [2.05, 4.69) is 10.3 Å². The number of aliphatic imine (C=N–C) groups is 1. The molecule has 2 amide bonds. The summed E-state index contributed by atoms with van der Waals surface area (Å²) in [5.74, 6) is -0.242. The van der Waals surface area contributed by atoms with Crippen LogP contribution in [0, 0.1) is 5.82 Å². The molecule has 0 unspecified atom stereocenters. The van der Waals surface area contributed by atoms with E-state index in [1.165, 1.54) is 36.0 Å². The molecule has 0 aromatic heterocycles. The molecule has 1 aliphatic rings. The number of hydrogen-bond acceptors (Lipinski definition) is 5. The van der Waals surface area contributed by atoms with Gasteiger partial charge in [-0.15, -0.1) is 0 Å². The van der Waals surface area contributed by atoms with Gasteiger partial charge in [0.25, 0.3) is 11.8 Å². The highest BCUT2D eigenvalue weighted by Crippen LogP contribution is 2.34. The van der Waals surface area contributed by atoms with Gasteiger partial charge >= 0.3 is 0 Å². The van der Waals surface area contributed by atoms with Crippen LogP contribution < -0.4 is 10.1 Å². The number of anilines is 1. The van der Waals surface area contributed by atoms with E-state index in [0.29, 0.717) is 16.3 Å². The zero-order valence-electron chi connectivity index (χ0n) is 18.5. The standard InChI is InChI=1S/C24H26FN3O3S/c1-15(2)26-24-28(16(3)4)23(30)21(32-24)13-17-5-11-20(12-6-17)31-14-22(29)27-19-9-7-18(25)8-10-19/h5-13,15-16H,14H2,1-4H3,(H,27,29)/b21-13+,26-24?. The molecule has 0 spiro atoms. The minimum atomic E-state index is -0.368. The molecule has 1 heterocycles. The Labute approximate surface area is 191 Å². The number of nitrogens with zero attached hydrogens (tertiary/aromatic N) is 2. The van der Waals surface area contributed by atoms with Crippen LogP contribution in [0.2, 0.25) is 0 Å². The zero-order chi connectivity index (χ0) is 23.3. The number of nitrogens with one attached hydrogen (secondary N) is 1. The molecule has 6 nitrogen and oxygen atoms in total. The van der Waals surface area contributed by atoms with Crippen molar-refractivity contribution >= 4 is 40.5 Å². The predicted molar refractivity (Wildman–Crippen MR) is 127 cm³/mol. The van der Waals surface area contributed by atoms with Crippen LogP contribution in [0.25, 0.3) is 6.08 Å². The molecule has 168 valence electrons. The minimum absolute atomic E-state index is 0.0234. The third-order valence-electron chi connectivity index (χ3n) is 4.40. The summed E-state index contributed by atoms with van der Waals surface area (Å²) in [5, 5.41) is 3.36. The van der Waals surface area contributed by atoms with Crippen molar-refractivity contribution in [2.75, 3.05) is 11.9 Å². The molecule has 0 aliphatic carbocycles. The number of amidine groups is 1. The van der Waals surface area contributed by atoms with Crippen LogP contribution in [-0.2, 0) is 9.59 Å². The number of ether oxygens (including phenoxy) is 1. The lowest BCUT2D eigenvalue weighted by atomic mass is 10.2. The second kappa shape index (κ2) is 10.5. The van der Waals surface area contributed by atoms with E-state index in [-0.39, 0.29) is 36.3 Å². The molecule has 2 aromatic rings. The normalized spacial score (nSPS) is 16.5. The largest absolute Gasteiger partial charge is 0.484 e. The van der Waals surface area contributed by atoms with Crippen molar-refractivity contribution in [3.63, 3.8) is 0 Å². The summed E-state index contributed by atoms with van der Waals surface area (Å²) in [6.07, 6.45) is 1.83. The molecule has 1 aliphatic heterocycles. The van der Waals surface area contributed by atoms with Gasteiger partial charge in [-0.05, 0) is 87.5 Å². The number of carbonyl (C=O) groups is 2. The molecule has 1 saturated heterocycles. The molecule has 2 aromatic carbocycles. The maximum Gasteiger partial charge on any atom is 0.266 e. The number of rotatable bonds is 7. The van der Waals surface area contributed by atoms with E-state index in [9.17, 15) is 14.0 Å². The third kappa shape index (κ3) is 6.20. The summed E-state index contributed by atoms with van der Waals surface area (Å²) in [5.41, 5.74) is 1.34. The first-order valence-corrected chi connectivity index (χ1v) is 11.1. The van der Waals surface area contributed by atoms with Gasteiger partial charge in [-0.25, -0.2) is 4.39 Å². The first kappa shape index (κ1) is 23.5. The van der Waals surface area contributed by atoms with E-state index < -0.39 is 0 Å². The molecule has 1 N–H and O–H groups in total. The van der Waals surface area contributed by atoms with E-state index >= 15 is 0 Å². The third-order valence-corrected chi connectivity index (χ3v) is 5.39. The fourth-order valence-electron chi connectivity index (χ4n) is 2.94. The second-order valence-corrected chi connectivity index (χ2v) is 8.81. The maximum atomic E-state index is 12.9. The van der Waals surface area contributed by atoms with Gasteiger partial charge in [0.1, 0.15) is 11.6 Å². The van der Waals surface area contributed by atoms with Crippen molar-refractivity contribution in [2.24, 2.45) is 4.99 Å². The van der Waals surface area contributed by atoms with Crippen molar-refractivity contribution in [3.8, 4) is 5.75 Å². The molecule has 0 radical (unpaired) electrons. The number of benzene rings is 2. The van der Waals surface area contributed by atoms with Gasteiger partial charge in [-0.3, -0.25) is 19.5 Å². The fraction of sp³-hybridized carbons (Fsp3) is 0.292. The molecular weight excluding hydrogens is 429 g/mol. The summed E-state index contributed by atoms with van der Waals surface area (Å²) in [6.45, 7) is 7.73. The van der Waals surface area contributed by atoms with Gasteiger partial charge in [0.05, 0.1) is 4.91 Å². The zero-order valence-corrected chi connectivity index (χ0v) is 19.3. The fourth-order valence-corrected chi connectivity index (χ4v) is 4.18. The summed E-state index contributed by atoms with van der Waals surface area (Å²) < 4.78 is 18.4. The van der Waals surface area contributed by atoms with E-state index in [0.717, 1.165) is 10.7 Å². The van der Waals surface area contributed by atoms with Crippen molar-refractivity contribution < 1.29 is 18.7 Å². The van der Waals surface area contributed by atoms with Gasteiger partial charge in [0.15, 0.2) is 11.8 Å². The lowest BCUT2D eigenvalue weighted by Crippen LogP contribution is -2.35. The van der Waals surface area contributed by atoms with Crippen molar-refractivity contribution in [1.29, 1.82) is 0 Å². The average molecular weight is 456 g/mol. The van der Waals surface area contributed by atoms with Crippen LogP contribution in [0.1, 0.15) is 33.3 Å². The Kier molecular flexibility index (Phi) is 7.69. The second-order valence-electron chi connectivity index (χ2n) is 7.80. The van der Waals surface area contributed by atoms with Crippen molar-refractivity contribution in [2.45, 2.75) is 39.8 Å². The highest BCUT2D eigenvalue weighted by Gasteiger charge is 2.35. The van der Waals surface area contributed by atoms with Gasteiger partial charge < -0.3 is 10.1 Å². The van der Waals surface area contributed by atoms with E-state index in [1.807, 2.05) is 45.9 Å². The molecule has 3 rings (SSSR count). The highest BCUT2D eigenvalue weighted by atomic mass is 32.2. The Balaban J connectivity index is 1.61. The SMILES string of the molecule is CC(C)N=C1S/C(=C/c2ccc(OCC(=O)Nc3ccc(F)cc3)cc2)C(=O)N1C(C)C. The summed E-state index contributed by atoms with van der Waals surface area (Å²) >= 11 is 1.38.